The van der Waals surface area contributed by atoms with Crippen LogP contribution in [0.4, 0.5) is 0 Å². The minimum absolute atomic E-state index is 0.174. The number of benzene rings is 1. The van der Waals surface area contributed by atoms with Crippen molar-refractivity contribution in [2.45, 2.75) is 26.4 Å². The van der Waals surface area contributed by atoms with Crippen molar-refractivity contribution in [2.24, 2.45) is 11.8 Å². The lowest BCUT2D eigenvalue weighted by molar-refractivity contribution is 0.0670. The molecule has 0 amide bonds. The molecular weight excluding hydrogens is 268 g/mol. The summed E-state index contributed by atoms with van der Waals surface area (Å²) in [6.07, 6.45) is 6.61. The molecule has 2 atom stereocenters. The molecule has 1 aromatic carbocycles. The molecule has 1 aliphatic rings. The maximum atomic E-state index is 11.2. The zero-order valence-electron chi connectivity index (χ0n) is 12.5. The van der Waals surface area contributed by atoms with Gasteiger partial charge in [-0.25, -0.2) is 4.79 Å². The van der Waals surface area contributed by atoms with E-state index in [-0.39, 0.29) is 5.56 Å². The van der Waals surface area contributed by atoms with Gasteiger partial charge in [-0.15, -0.1) is 0 Å². The monoisotopic (exact) mass is 290 g/mol. The number of allylic oxidation sites excluding steroid dienone is 2. The highest BCUT2D eigenvalue weighted by Gasteiger charge is 2.18. The van der Waals surface area contributed by atoms with E-state index in [4.69, 9.17) is 14.6 Å². The van der Waals surface area contributed by atoms with Gasteiger partial charge in [-0.1, -0.05) is 25.1 Å². The molecule has 1 aromatic rings. The molecule has 0 aromatic heterocycles. The third-order valence-corrected chi connectivity index (χ3v) is 4.01. The highest BCUT2D eigenvalue weighted by Crippen LogP contribution is 2.26. The van der Waals surface area contributed by atoms with Crippen LogP contribution in [0, 0.1) is 11.8 Å². The van der Waals surface area contributed by atoms with Gasteiger partial charge in [-0.05, 0) is 42.4 Å². The van der Waals surface area contributed by atoms with Crippen LogP contribution in [0.3, 0.4) is 0 Å². The molecule has 4 heteroatoms. The number of carboxylic acid groups (broad SMARTS) is 1. The first-order valence-electron chi connectivity index (χ1n) is 7.24. The average molecular weight is 290 g/mol. The Morgan fingerprint density at radius 3 is 2.76 bits per heavy atom. The Morgan fingerprint density at radius 1 is 1.33 bits per heavy atom. The molecule has 0 fully saturated rings. The molecule has 0 radical (unpaired) electrons. The maximum Gasteiger partial charge on any atom is 0.339 e. The van der Waals surface area contributed by atoms with Crippen molar-refractivity contribution in [3.05, 3.63) is 41.5 Å². The lowest BCUT2D eigenvalue weighted by atomic mass is 9.85. The Labute approximate surface area is 125 Å². The molecule has 0 aliphatic heterocycles. The predicted octanol–water partition coefficient (Wildman–Crippen LogP) is 3.51. The predicted molar refractivity (Wildman–Crippen MR) is 80.6 cm³/mol. The molecule has 4 nitrogen and oxygen atoms in total. The van der Waals surface area contributed by atoms with Crippen molar-refractivity contribution in [3.8, 4) is 5.75 Å². The standard InChI is InChI=1S/C17H22O4/c1-12-5-3-4-6-14(12)11-21-10-13-7-8-16(20-2)15(9-13)17(18)19/h3-4,7-9,12,14H,5-6,10-11H2,1-2H3,(H,18,19). The van der Waals surface area contributed by atoms with Gasteiger partial charge in [0.15, 0.2) is 0 Å². The normalized spacial score (nSPS) is 21.2. The fourth-order valence-corrected chi connectivity index (χ4v) is 2.58. The zero-order chi connectivity index (χ0) is 15.2. The van der Waals surface area contributed by atoms with E-state index in [1.807, 2.05) is 6.07 Å². The number of ether oxygens (including phenoxy) is 2. The van der Waals surface area contributed by atoms with Gasteiger partial charge in [-0.2, -0.15) is 0 Å². The number of aromatic carboxylic acids is 1. The number of carbonyl (C=O) groups is 1. The molecular formula is C17H22O4. The molecule has 114 valence electrons. The van der Waals surface area contributed by atoms with Gasteiger partial charge < -0.3 is 14.6 Å². The third-order valence-electron chi connectivity index (χ3n) is 4.01. The number of hydrogen-bond donors (Lipinski definition) is 1. The number of hydrogen-bond acceptors (Lipinski definition) is 3. The van der Waals surface area contributed by atoms with Gasteiger partial charge in [0.05, 0.1) is 20.3 Å². The fourth-order valence-electron chi connectivity index (χ4n) is 2.58. The molecule has 0 saturated carbocycles. The minimum Gasteiger partial charge on any atom is -0.496 e. The Kier molecular flexibility index (Phi) is 5.39. The van der Waals surface area contributed by atoms with E-state index in [2.05, 4.69) is 19.1 Å². The van der Waals surface area contributed by atoms with Gasteiger partial charge >= 0.3 is 5.97 Å². The van der Waals surface area contributed by atoms with Crippen LogP contribution in [0.15, 0.2) is 30.4 Å². The van der Waals surface area contributed by atoms with Crippen LogP contribution < -0.4 is 4.74 Å². The van der Waals surface area contributed by atoms with Crippen LogP contribution in [-0.4, -0.2) is 24.8 Å². The number of carboxylic acids is 1. The van der Waals surface area contributed by atoms with Crippen LogP contribution >= 0.6 is 0 Å². The topological polar surface area (TPSA) is 55.8 Å². The van der Waals surface area contributed by atoms with E-state index in [1.165, 1.54) is 7.11 Å². The van der Waals surface area contributed by atoms with Crippen molar-refractivity contribution >= 4 is 5.97 Å². The van der Waals surface area contributed by atoms with Crippen LogP contribution in [0.2, 0.25) is 0 Å². The van der Waals surface area contributed by atoms with Gasteiger partial charge in [-0.3, -0.25) is 0 Å². The van der Waals surface area contributed by atoms with Crippen LogP contribution in [0.1, 0.15) is 35.7 Å². The quantitative estimate of drug-likeness (QED) is 0.815. The van der Waals surface area contributed by atoms with Crippen molar-refractivity contribution in [1.82, 2.24) is 0 Å². The summed E-state index contributed by atoms with van der Waals surface area (Å²) in [5.41, 5.74) is 1.03. The van der Waals surface area contributed by atoms with Crippen molar-refractivity contribution in [3.63, 3.8) is 0 Å². The maximum absolute atomic E-state index is 11.2. The molecule has 2 rings (SSSR count). The summed E-state index contributed by atoms with van der Waals surface area (Å²) < 4.78 is 10.8. The first-order chi connectivity index (χ1) is 10.1. The number of methoxy groups -OCH3 is 1. The molecule has 21 heavy (non-hydrogen) atoms. The highest BCUT2D eigenvalue weighted by molar-refractivity contribution is 5.91. The molecule has 0 heterocycles. The number of rotatable bonds is 6. The summed E-state index contributed by atoms with van der Waals surface area (Å²) in [6.45, 7) is 3.38. The second-order valence-electron chi connectivity index (χ2n) is 5.54. The van der Waals surface area contributed by atoms with Crippen LogP contribution in [0.25, 0.3) is 0 Å². The molecule has 0 spiro atoms. The lowest BCUT2D eigenvalue weighted by Crippen LogP contribution is -2.19. The summed E-state index contributed by atoms with van der Waals surface area (Å²) in [5.74, 6) is 0.574. The van der Waals surface area contributed by atoms with E-state index in [0.29, 0.717) is 30.8 Å². The summed E-state index contributed by atoms with van der Waals surface area (Å²) in [7, 11) is 1.47. The van der Waals surface area contributed by atoms with Crippen LogP contribution in [0.5, 0.6) is 5.75 Å². The molecule has 1 aliphatic carbocycles. The highest BCUT2D eigenvalue weighted by atomic mass is 16.5. The smallest absolute Gasteiger partial charge is 0.339 e. The Balaban J connectivity index is 1.92. The minimum atomic E-state index is -0.986. The first kappa shape index (κ1) is 15.6. The second kappa shape index (κ2) is 7.27. The van der Waals surface area contributed by atoms with E-state index in [0.717, 1.165) is 18.4 Å². The van der Waals surface area contributed by atoms with Crippen molar-refractivity contribution in [1.29, 1.82) is 0 Å². The Morgan fingerprint density at radius 2 is 2.10 bits per heavy atom. The molecule has 2 unspecified atom stereocenters. The van der Waals surface area contributed by atoms with Crippen LogP contribution in [-0.2, 0) is 11.3 Å². The summed E-state index contributed by atoms with van der Waals surface area (Å²) in [6, 6.07) is 5.13. The Bertz CT molecular complexity index is 522. The third kappa shape index (κ3) is 4.08. The average Bonchev–Trinajstić information content (AvgIpc) is 2.49. The SMILES string of the molecule is COc1ccc(COCC2CC=CCC2C)cc1C(=O)O. The largest absolute Gasteiger partial charge is 0.496 e. The molecule has 0 bridgehead atoms. The van der Waals surface area contributed by atoms with E-state index >= 15 is 0 Å². The summed E-state index contributed by atoms with van der Waals surface area (Å²) in [5, 5.41) is 9.16. The van der Waals surface area contributed by atoms with E-state index in [1.54, 1.807) is 12.1 Å². The summed E-state index contributed by atoms with van der Waals surface area (Å²) in [4.78, 5) is 11.2. The van der Waals surface area contributed by atoms with E-state index < -0.39 is 5.97 Å². The van der Waals surface area contributed by atoms with Crippen molar-refractivity contribution in [2.75, 3.05) is 13.7 Å². The zero-order valence-corrected chi connectivity index (χ0v) is 12.5. The van der Waals surface area contributed by atoms with Gasteiger partial charge in [0, 0.05) is 0 Å². The fraction of sp³-hybridized carbons (Fsp3) is 0.471. The van der Waals surface area contributed by atoms with Gasteiger partial charge in [0.2, 0.25) is 0 Å². The second-order valence-corrected chi connectivity index (χ2v) is 5.54. The van der Waals surface area contributed by atoms with Gasteiger partial charge in [0.1, 0.15) is 11.3 Å². The molecule has 1 N–H and O–H groups in total. The summed E-state index contributed by atoms with van der Waals surface area (Å²) >= 11 is 0. The Hall–Kier alpha value is -1.81. The van der Waals surface area contributed by atoms with Crippen molar-refractivity contribution < 1.29 is 19.4 Å². The molecule has 0 saturated heterocycles. The van der Waals surface area contributed by atoms with E-state index in [9.17, 15) is 4.79 Å². The van der Waals surface area contributed by atoms with Gasteiger partial charge in [0.25, 0.3) is 0 Å². The first-order valence-corrected chi connectivity index (χ1v) is 7.24. The lowest BCUT2D eigenvalue weighted by Gasteiger charge is -2.25.